The molecule has 3 aromatic carbocycles. The SMILES string of the molecule is C1=C[C@H]2CCCC3=Cc4nc5c6ccccc6c6ccccc6c5nc4[C@@H](C1)[C@H]32. The molecular weight excluding hydrogens is 352 g/mol. The van der Waals surface area contributed by atoms with E-state index in [1.807, 2.05) is 0 Å². The van der Waals surface area contributed by atoms with Gasteiger partial charge in [0.2, 0.25) is 0 Å². The van der Waals surface area contributed by atoms with Gasteiger partial charge in [0.05, 0.1) is 22.4 Å². The predicted octanol–water partition coefficient (Wildman–Crippen LogP) is 6.79. The van der Waals surface area contributed by atoms with Crippen molar-refractivity contribution < 1.29 is 0 Å². The molecule has 3 atom stereocenters. The van der Waals surface area contributed by atoms with Crippen molar-refractivity contribution in [2.75, 3.05) is 0 Å². The number of hydrogen-bond acceptors (Lipinski definition) is 2. The van der Waals surface area contributed by atoms with Gasteiger partial charge in [-0.25, -0.2) is 9.97 Å². The molecule has 7 rings (SSSR count). The summed E-state index contributed by atoms with van der Waals surface area (Å²) in [5, 5.41) is 4.97. The van der Waals surface area contributed by atoms with Crippen molar-refractivity contribution in [1.29, 1.82) is 0 Å². The second kappa shape index (κ2) is 5.76. The van der Waals surface area contributed by atoms with Gasteiger partial charge in [-0.2, -0.15) is 0 Å². The predicted molar refractivity (Wildman–Crippen MR) is 120 cm³/mol. The average molecular weight is 374 g/mol. The number of allylic oxidation sites excluding steroid dienone is 3. The highest BCUT2D eigenvalue weighted by atomic mass is 14.8. The summed E-state index contributed by atoms with van der Waals surface area (Å²) in [4.78, 5) is 10.6. The van der Waals surface area contributed by atoms with Crippen molar-refractivity contribution in [2.24, 2.45) is 11.8 Å². The van der Waals surface area contributed by atoms with E-state index in [9.17, 15) is 0 Å². The summed E-state index contributed by atoms with van der Waals surface area (Å²) < 4.78 is 0. The van der Waals surface area contributed by atoms with Gasteiger partial charge in [0.25, 0.3) is 0 Å². The van der Waals surface area contributed by atoms with E-state index in [4.69, 9.17) is 9.97 Å². The monoisotopic (exact) mass is 374 g/mol. The fourth-order valence-corrected chi connectivity index (χ4v) is 6.17. The number of aromatic nitrogens is 2. The Morgan fingerprint density at radius 3 is 2.24 bits per heavy atom. The Balaban J connectivity index is 1.61. The highest BCUT2D eigenvalue weighted by molar-refractivity contribution is 6.23. The van der Waals surface area contributed by atoms with E-state index in [1.165, 1.54) is 46.5 Å². The summed E-state index contributed by atoms with van der Waals surface area (Å²) >= 11 is 0. The summed E-state index contributed by atoms with van der Waals surface area (Å²) in [6.45, 7) is 0. The van der Waals surface area contributed by atoms with Crippen LogP contribution in [0.1, 0.15) is 43.0 Å². The molecule has 29 heavy (non-hydrogen) atoms. The molecule has 1 aromatic heterocycles. The molecule has 0 unspecified atom stereocenters. The third-order valence-electron chi connectivity index (χ3n) is 7.38. The van der Waals surface area contributed by atoms with Gasteiger partial charge in [0.1, 0.15) is 0 Å². The largest absolute Gasteiger partial charge is 0.248 e. The molecule has 2 nitrogen and oxygen atoms in total. The van der Waals surface area contributed by atoms with Gasteiger partial charge in [-0.3, -0.25) is 0 Å². The van der Waals surface area contributed by atoms with E-state index >= 15 is 0 Å². The topological polar surface area (TPSA) is 25.8 Å². The molecule has 0 spiro atoms. The van der Waals surface area contributed by atoms with Crippen LogP contribution >= 0.6 is 0 Å². The molecule has 2 heteroatoms. The van der Waals surface area contributed by atoms with Crippen molar-refractivity contribution in [3.8, 4) is 0 Å². The molecule has 0 bridgehead atoms. The van der Waals surface area contributed by atoms with Crippen LogP contribution in [-0.2, 0) is 0 Å². The Bertz CT molecular complexity index is 1380. The lowest BCUT2D eigenvalue weighted by molar-refractivity contribution is 0.292. The molecule has 0 aliphatic heterocycles. The molecule has 1 heterocycles. The standard InChI is InChI=1S/C27H22N2/c1-3-12-20-18(10-1)19-11-2-4-13-21(19)27-26(20)28-23-15-17-9-5-7-16-8-6-14-22(24(16)17)25(23)29-27/h1-4,6,8,10-13,15-16,22,24H,5,7,9,14H2/t16-,22+,24+/m1/s1. The zero-order chi connectivity index (χ0) is 18.9. The number of benzene rings is 3. The van der Waals surface area contributed by atoms with Gasteiger partial charge in [-0.15, -0.1) is 0 Å². The minimum absolute atomic E-state index is 0.488. The highest BCUT2D eigenvalue weighted by Gasteiger charge is 2.40. The zero-order valence-corrected chi connectivity index (χ0v) is 16.3. The smallest absolute Gasteiger partial charge is 0.0979 e. The zero-order valence-electron chi connectivity index (χ0n) is 16.3. The summed E-state index contributed by atoms with van der Waals surface area (Å²) in [6, 6.07) is 17.3. The van der Waals surface area contributed by atoms with Crippen molar-refractivity contribution in [1.82, 2.24) is 9.97 Å². The van der Waals surface area contributed by atoms with E-state index in [1.54, 1.807) is 5.57 Å². The average Bonchev–Trinajstić information content (AvgIpc) is 2.79. The van der Waals surface area contributed by atoms with Crippen LogP contribution in [0.3, 0.4) is 0 Å². The molecule has 1 fully saturated rings. The molecule has 0 amide bonds. The Morgan fingerprint density at radius 2 is 1.48 bits per heavy atom. The summed E-state index contributed by atoms with van der Waals surface area (Å²) in [7, 11) is 0. The lowest BCUT2D eigenvalue weighted by atomic mass is 9.62. The van der Waals surface area contributed by atoms with E-state index in [0.29, 0.717) is 17.8 Å². The van der Waals surface area contributed by atoms with E-state index < -0.39 is 0 Å². The van der Waals surface area contributed by atoms with Gasteiger partial charge in [-0.05, 0) is 54.4 Å². The van der Waals surface area contributed by atoms with E-state index in [-0.39, 0.29) is 0 Å². The fourth-order valence-electron chi connectivity index (χ4n) is 6.17. The van der Waals surface area contributed by atoms with Crippen LogP contribution in [0.5, 0.6) is 0 Å². The van der Waals surface area contributed by atoms with Crippen molar-refractivity contribution >= 4 is 38.7 Å². The van der Waals surface area contributed by atoms with Gasteiger partial charge < -0.3 is 0 Å². The van der Waals surface area contributed by atoms with Crippen molar-refractivity contribution in [3.05, 3.63) is 77.6 Å². The summed E-state index contributed by atoms with van der Waals surface area (Å²) in [6.07, 6.45) is 12.2. The number of hydrogen-bond donors (Lipinski definition) is 0. The first-order chi connectivity index (χ1) is 14.4. The van der Waals surface area contributed by atoms with Crippen LogP contribution in [0.4, 0.5) is 0 Å². The second-order valence-electron chi connectivity index (χ2n) is 8.85. The molecule has 0 radical (unpaired) electrons. The normalized spacial score (nSPS) is 25.1. The highest BCUT2D eigenvalue weighted by Crippen LogP contribution is 2.51. The first-order valence-electron chi connectivity index (χ1n) is 10.9. The second-order valence-corrected chi connectivity index (χ2v) is 8.85. The molecule has 1 saturated carbocycles. The molecule has 3 aliphatic rings. The lowest BCUT2D eigenvalue weighted by Gasteiger charge is -2.42. The van der Waals surface area contributed by atoms with Gasteiger partial charge in [-0.1, -0.05) is 66.3 Å². The van der Waals surface area contributed by atoms with Crippen LogP contribution < -0.4 is 0 Å². The van der Waals surface area contributed by atoms with Crippen LogP contribution in [0.15, 0.2) is 66.3 Å². The van der Waals surface area contributed by atoms with Gasteiger partial charge in [0.15, 0.2) is 0 Å². The molecule has 0 saturated heterocycles. The molecule has 140 valence electrons. The Hall–Kier alpha value is -3.00. The van der Waals surface area contributed by atoms with Crippen LogP contribution in [0.25, 0.3) is 38.7 Å². The van der Waals surface area contributed by atoms with Gasteiger partial charge >= 0.3 is 0 Å². The Labute approximate surface area is 170 Å². The lowest BCUT2D eigenvalue weighted by Crippen LogP contribution is -2.32. The van der Waals surface area contributed by atoms with Gasteiger partial charge in [0, 0.05) is 16.7 Å². The van der Waals surface area contributed by atoms with Crippen molar-refractivity contribution in [2.45, 2.75) is 31.6 Å². The fraction of sp³-hybridized carbons (Fsp3) is 0.259. The van der Waals surface area contributed by atoms with E-state index in [2.05, 4.69) is 66.8 Å². The van der Waals surface area contributed by atoms with E-state index in [0.717, 1.165) is 23.1 Å². The minimum Gasteiger partial charge on any atom is -0.248 e. The number of rotatable bonds is 0. The van der Waals surface area contributed by atoms with Crippen molar-refractivity contribution in [3.63, 3.8) is 0 Å². The Kier molecular flexibility index (Phi) is 3.15. The first-order valence-corrected chi connectivity index (χ1v) is 10.9. The summed E-state index contributed by atoms with van der Waals surface area (Å²) in [5.41, 5.74) is 6.07. The third-order valence-corrected chi connectivity index (χ3v) is 7.38. The molecule has 4 aromatic rings. The van der Waals surface area contributed by atoms with Crippen LogP contribution in [-0.4, -0.2) is 9.97 Å². The first kappa shape index (κ1) is 15.9. The molecule has 3 aliphatic carbocycles. The maximum atomic E-state index is 5.36. The van der Waals surface area contributed by atoms with Crippen LogP contribution in [0, 0.1) is 11.8 Å². The van der Waals surface area contributed by atoms with Crippen LogP contribution in [0.2, 0.25) is 0 Å². The maximum Gasteiger partial charge on any atom is 0.0979 e. The molecular formula is C27H22N2. The maximum absolute atomic E-state index is 5.36. The number of nitrogens with zero attached hydrogens (tertiary/aromatic N) is 2. The Morgan fingerprint density at radius 1 is 0.793 bits per heavy atom. The molecule has 0 N–H and O–H groups in total. The third kappa shape index (κ3) is 2.12. The summed E-state index contributed by atoms with van der Waals surface area (Å²) in [5.74, 6) is 1.81. The number of fused-ring (bicyclic) bond motifs is 8. The minimum atomic E-state index is 0.488. The quantitative estimate of drug-likeness (QED) is 0.250.